The van der Waals surface area contributed by atoms with Crippen LogP contribution in [0.1, 0.15) is 19.8 Å². The van der Waals surface area contributed by atoms with Gasteiger partial charge in [-0.2, -0.15) is 0 Å². The number of carbonyl (C=O) groups excluding carboxylic acids is 1. The van der Waals surface area contributed by atoms with E-state index in [1.165, 1.54) is 0 Å². The van der Waals surface area contributed by atoms with Gasteiger partial charge in [-0.05, 0) is 18.1 Å². The molecule has 1 N–H and O–H groups in total. The fourth-order valence-electron chi connectivity index (χ4n) is 2.54. The van der Waals surface area contributed by atoms with E-state index in [9.17, 15) is 9.59 Å². The van der Waals surface area contributed by atoms with E-state index in [0.29, 0.717) is 6.54 Å². The van der Waals surface area contributed by atoms with Crippen molar-refractivity contribution in [2.24, 2.45) is 5.92 Å². The summed E-state index contributed by atoms with van der Waals surface area (Å²) in [7, 11) is 2.01. The number of para-hydroxylation sites is 2. The van der Waals surface area contributed by atoms with Gasteiger partial charge >= 0.3 is 5.97 Å². The first-order valence-electron chi connectivity index (χ1n) is 6.81. The Bertz CT molecular complexity index is 516. The Hall–Kier alpha value is -2.04. The van der Waals surface area contributed by atoms with Crippen LogP contribution in [0.3, 0.4) is 0 Å². The second-order valence-electron chi connectivity index (χ2n) is 5.36. The fraction of sp³-hybridized carbons (Fsp3) is 0.467. The number of hydrogen-bond donors (Lipinski definition) is 1. The standard InChI is InChI=1S/C15H20N2O3/c1-11(10-15(19)20)9-14(18)17-8-7-16(2)12-5-3-4-6-13(12)17/h3-6,11H,7-10H2,1-2H3,(H,19,20). The Morgan fingerprint density at radius 1 is 1.20 bits per heavy atom. The predicted octanol–water partition coefficient (Wildman–Crippen LogP) is 1.97. The summed E-state index contributed by atoms with van der Waals surface area (Å²) < 4.78 is 0. The molecule has 0 radical (unpaired) electrons. The molecule has 1 atom stereocenters. The van der Waals surface area contributed by atoms with Gasteiger partial charge in [-0.15, -0.1) is 0 Å². The molecule has 0 spiro atoms. The minimum atomic E-state index is -0.857. The summed E-state index contributed by atoms with van der Waals surface area (Å²) in [6, 6.07) is 7.80. The molecule has 5 nitrogen and oxygen atoms in total. The Kier molecular flexibility index (Phi) is 4.27. The maximum atomic E-state index is 12.4. The molecule has 0 aromatic heterocycles. The van der Waals surface area contributed by atoms with Crippen LogP contribution in [-0.2, 0) is 9.59 Å². The van der Waals surface area contributed by atoms with Gasteiger partial charge < -0.3 is 14.9 Å². The van der Waals surface area contributed by atoms with E-state index in [-0.39, 0.29) is 24.7 Å². The van der Waals surface area contributed by atoms with Crippen molar-refractivity contribution in [2.45, 2.75) is 19.8 Å². The number of nitrogens with zero attached hydrogens (tertiary/aromatic N) is 2. The predicted molar refractivity (Wildman–Crippen MR) is 78.1 cm³/mol. The number of anilines is 2. The molecule has 2 rings (SSSR count). The number of benzene rings is 1. The van der Waals surface area contributed by atoms with E-state index in [2.05, 4.69) is 4.90 Å². The minimum Gasteiger partial charge on any atom is -0.481 e. The average molecular weight is 276 g/mol. The Morgan fingerprint density at radius 2 is 1.85 bits per heavy atom. The molecular formula is C15H20N2O3. The third-order valence-corrected chi connectivity index (χ3v) is 3.59. The Morgan fingerprint density at radius 3 is 2.50 bits per heavy atom. The molecule has 1 aliphatic rings. The first-order valence-corrected chi connectivity index (χ1v) is 6.81. The summed E-state index contributed by atoms with van der Waals surface area (Å²) in [5, 5.41) is 8.77. The zero-order chi connectivity index (χ0) is 14.7. The van der Waals surface area contributed by atoms with Crippen molar-refractivity contribution in [2.75, 3.05) is 29.9 Å². The lowest BCUT2D eigenvalue weighted by Gasteiger charge is -2.36. The van der Waals surface area contributed by atoms with Crippen molar-refractivity contribution >= 4 is 23.3 Å². The quantitative estimate of drug-likeness (QED) is 0.913. The normalized spacial score (nSPS) is 15.7. The number of fused-ring (bicyclic) bond motifs is 1. The first-order chi connectivity index (χ1) is 9.49. The second-order valence-corrected chi connectivity index (χ2v) is 5.36. The molecule has 1 amide bonds. The number of amides is 1. The van der Waals surface area contributed by atoms with E-state index in [1.807, 2.05) is 31.3 Å². The topological polar surface area (TPSA) is 60.9 Å². The van der Waals surface area contributed by atoms with Crippen LogP contribution < -0.4 is 9.80 Å². The zero-order valence-corrected chi connectivity index (χ0v) is 11.9. The van der Waals surface area contributed by atoms with Gasteiger partial charge in [0, 0.05) is 33.0 Å². The molecule has 108 valence electrons. The van der Waals surface area contributed by atoms with Crippen molar-refractivity contribution in [3.63, 3.8) is 0 Å². The minimum absolute atomic E-state index is 0.000648. The lowest BCUT2D eigenvalue weighted by Crippen LogP contribution is -2.43. The molecule has 5 heteroatoms. The van der Waals surface area contributed by atoms with Crippen LogP contribution in [0.4, 0.5) is 11.4 Å². The molecule has 0 aliphatic carbocycles. The number of carboxylic acid groups (broad SMARTS) is 1. The van der Waals surface area contributed by atoms with Crippen LogP contribution in [-0.4, -0.2) is 37.1 Å². The van der Waals surface area contributed by atoms with Crippen LogP contribution in [0.25, 0.3) is 0 Å². The number of carboxylic acids is 1. The molecule has 1 aliphatic heterocycles. The largest absolute Gasteiger partial charge is 0.481 e. The van der Waals surface area contributed by atoms with Gasteiger partial charge in [0.05, 0.1) is 11.4 Å². The van der Waals surface area contributed by atoms with E-state index in [4.69, 9.17) is 5.11 Å². The molecule has 1 unspecified atom stereocenters. The van der Waals surface area contributed by atoms with Crippen molar-refractivity contribution in [1.29, 1.82) is 0 Å². The number of hydrogen-bond acceptors (Lipinski definition) is 3. The van der Waals surface area contributed by atoms with Gasteiger partial charge in [-0.3, -0.25) is 9.59 Å². The maximum absolute atomic E-state index is 12.4. The summed E-state index contributed by atoms with van der Waals surface area (Å²) in [6.45, 7) is 3.23. The monoisotopic (exact) mass is 276 g/mol. The Balaban J connectivity index is 2.12. The van der Waals surface area contributed by atoms with E-state index in [0.717, 1.165) is 17.9 Å². The highest BCUT2D eigenvalue weighted by atomic mass is 16.4. The molecule has 20 heavy (non-hydrogen) atoms. The molecule has 1 heterocycles. The zero-order valence-electron chi connectivity index (χ0n) is 11.9. The molecule has 0 saturated heterocycles. The number of rotatable bonds is 4. The molecular weight excluding hydrogens is 256 g/mol. The third kappa shape index (κ3) is 3.10. The van der Waals surface area contributed by atoms with Crippen LogP contribution in [0, 0.1) is 5.92 Å². The molecule has 0 bridgehead atoms. The smallest absolute Gasteiger partial charge is 0.303 e. The van der Waals surface area contributed by atoms with Crippen molar-refractivity contribution in [3.05, 3.63) is 24.3 Å². The SMILES string of the molecule is CC(CC(=O)O)CC(=O)N1CCN(C)c2ccccc21. The highest BCUT2D eigenvalue weighted by molar-refractivity contribution is 5.98. The van der Waals surface area contributed by atoms with Crippen molar-refractivity contribution < 1.29 is 14.7 Å². The van der Waals surface area contributed by atoms with Crippen LogP contribution >= 0.6 is 0 Å². The Labute approximate surface area is 118 Å². The van der Waals surface area contributed by atoms with Gasteiger partial charge in [0.25, 0.3) is 0 Å². The lowest BCUT2D eigenvalue weighted by atomic mass is 10.0. The summed E-state index contributed by atoms with van der Waals surface area (Å²) in [6.07, 6.45) is 0.297. The van der Waals surface area contributed by atoms with Crippen LogP contribution in [0.15, 0.2) is 24.3 Å². The molecule has 0 saturated carbocycles. The van der Waals surface area contributed by atoms with Crippen LogP contribution in [0.5, 0.6) is 0 Å². The highest BCUT2D eigenvalue weighted by Gasteiger charge is 2.26. The lowest BCUT2D eigenvalue weighted by molar-refractivity contribution is -0.138. The first kappa shape index (κ1) is 14.4. The average Bonchev–Trinajstić information content (AvgIpc) is 2.38. The summed E-state index contributed by atoms with van der Waals surface area (Å²) in [5.74, 6) is -1.00. The van der Waals surface area contributed by atoms with Gasteiger partial charge in [-0.1, -0.05) is 19.1 Å². The van der Waals surface area contributed by atoms with Gasteiger partial charge in [0.15, 0.2) is 0 Å². The van der Waals surface area contributed by atoms with Gasteiger partial charge in [0.1, 0.15) is 0 Å². The maximum Gasteiger partial charge on any atom is 0.303 e. The molecule has 1 aromatic rings. The number of aliphatic carboxylic acids is 1. The van der Waals surface area contributed by atoms with Gasteiger partial charge in [-0.25, -0.2) is 0 Å². The van der Waals surface area contributed by atoms with Crippen molar-refractivity contribution in [3.8, 4) is 0 Å². The summed E-state index contributed by atoms with van der Waals surface area (Å²) >= 11 is 0. The third-order valence-electron chi connectivity index (χ3n) is 3.59. The fourth-order valence-corrected chi connectivity index (χ4v) is 2.54. The molecule has 1 aromatic carbocycles. The van der Waals surface area contributed by atoms with Gasteiger partial charge in [0.2, 0.25) is 5.91 Å². The number of carbonyl (C=O) groups is 2. The molecule has 0 fully saturated rings. The second kappa shape index (κ2) is 5.94. The highest BCUT2D eigenvalue weighted by Crippen LogP contribution is 2.32. The van der Waals surface area contributed by atoms with E-state index < -0.39 is 5.97 Å². The summed E-state index contributed by atoms with van der Waals surface area (Å²) in [5.41, 5.74) is 1.95. The van der Waals surface area contributed by atoms with E-state index in [1.54, 1.807) is 11.8 Å². The van der Waals surface area contributed by atoms with Crippen LogP contribution in [0.2, 0.25) is 0 Å². The van der Waals surface area contributed by atoms with Crippen molar-refractivity contribution in [1.82, 2.24) is 0 Å². The number of likely N-dealkylation sites (N-methyl/N-ethyl adjacent to an activating group) is 1. The summed E-state index contributed by atoms with van der Waals surface area (Å²) in [4.78, 5) is 26.9. The van der Waals surface area contributed by atoms with E-state index >= 15 is 0 Å².